The molecular formula is C14H7ClF3NO. The third-order valence-corrected chi connectivity index (χ3v) is 2.83. The first-order valence-electron chi connectivity index (χ1n) is 5.45. The summed E-state index contributed by atoms with van der Waals surface area (Å²) in [6.07, 6.45) is -4.73. The number of benzene rings is 2. The van der Waals surface area contributed by atoms with Crippen molar-refractivity contribution >= 4 is 11.6 Å². The van der Waals surface area contributed by atoms with Crippen LogP contribution < -0.4 is 4.74 Å². The van der Waals surface area contributed by atoms with E-state index in [1.54, 1.807) is 18.2 Å². The van der Waals surface area contributed by atoms with Gasteiger partial charge in [0.05, 0.1) is 11.6 Å². The average molecular weight is 298 g/mol. The van der Waals surface area contributed by atoms with Crippen molar-refractivity contribution in [2.24, 2.45) is 0 Å². The van der Waals surface area contributed by atoms with Crippen molar-refractivity contribution < 1.29 is 17.9 Å². The van der Waals surface area contributed by atoms with Gasteiger partial charge in [0.1, 0.15) is 5.75 Å². The molecule has 2 aromatic carbocycles. The van der Waals surface area contributed by atoms with Crippen molar-refractivity contribution in [2.45, 2.75) is 6.36 Å². The fraction of sp³-hybridized carbons (Fsp3) is 0.0714. The van der Waals surface area contributed by atoms with Crippen LogP contribution in [0.25, 0.3) is 11.1 Å². The highest BCUT2D eigenvalue weighted by Gasteiger charge is 2.31. The van der Waals surface area contributed by atoms with Gasteiger partial charge in [0.25, 0.3) is 0 Å². The number of halogens is 4. The molecule has 0 atom stereocenters. The van der Waals surface area contributed by atoms with Crippen molar-refractivity contribution in [3.8, 4) is 22.9 Å². The fourth-order valence-electron chi connectivity index (χ4n) is 1.73. The van der Waals surface area contributed by atoms with Gasteiger partial charge in [0.2, 0.25) is 0 Å². The third-order valence-electron chi connectivity index (χ3n) is 2.51. The molecule has 6 heteroatoms. The van der Waals surface area contributed by atoms with Gasteiger partial charge in [0.15, 0.2) is 0 Å². The lowest BCUT2D eigenvalue weighted by Crippen LogP contribution is -2.16. The minimum absolute atomic E-state index is 0.327. The van der Waals surface area contributed by atoms with Gasteiger partial charge < -0.3 is 4.74 Å². The summed E-state index contributed by atoms with van der Waals surface area (Å²) in [5.41, 5.74) is 1.37. The van der Waals surface area contributed by atoms with E-state index in [0.29, 0.717) is 21.7 Å². The van der Waals surface area contributed by atoms with Crippen LogP contribution in [0.5, 0.6) is 5.75 Å². The molecule has 0 N–H and O–H groups in total. The second-order valence-electron chi connectivity index (χ2n) is 3.85. The van der Waals surface area contributed by atoms with E-state index in [2.05, 4.69) is 4.74 Å². The first kappa shape index (κ1) is 14.2. The Morgan fingerprint density at radius 3 is 2.25 bits per heavy atom. The van der Waals surface area contributed by atoms with Crippen molar-refractivity contribution in [3.05, 3.63) is 53.1 Å². The molecule has 102 valence electrons. The Kier molecular flexibility index (Phi) is 3.86. The van der Waals surface area contributed by atoms with Crippen LogP contribution in [0.15, 0.2) is 42.5 Å². The van der Waals surface area contributed by atoms with E-state index in [1.807, 2.05) is 6.07 Å². The van der Waals surface area contributed by atoms with Crippen LogP contribution in [0.4, 0.5) is 13.2 Å². The Balaban J connectivity index is 2.39. The first-order chi connectivity index (χ1) is 9.40. The molecule has 2 aromatic rings. The molecule has 0 aliphatic heterocycles. The van der Waals surface area contributed by atoms with Crippen LogP contribution in [0.3, 0.4) is 0 Å². The molecular weight excluding hydrogens is 291 g/mol. The molecule has 0 saturated heterocycles. The van der Waals surface area contributed by atoms with Crippen LogP contribution >= 0.6 is 11.6 Å². The lowest BCUT2D eigenvalue weighted by molar-refractivity contribution is -0.274. The van der Waals surface area contributed by atoms with Gasteiger partial charge in [-0.15, -0.1) is 13.2 Å². The Morgan fingerprint density at radius 2 is 1.70 bits per heavy atom. The molecule has 0 unspecified atom stereocenters. The first-order valence-corrected chi connectivity index (χ1v) is 5.83. The normalized spacial score (nSPS) is 10.9. The van der Waals surface area contributed by atoms with E-state index in [-0.39, 0.29) is 5.75 Å². The maximum atomic E-state index is 12.1. The number of nitrogens with zero attached hydrogens (tertiary/aromatic N) is 1. The Labute approximate surface area is 118 Å². The fourth-order valence-corrected chi connectivity index (χ4v) is 2.02. The minimum Gasteiger partial charge on any atom is -0.406 e. The molecule has 2 rings (SSSR count). The van der Waals surface area contributed by atoms with Crippen LogP contribution in [-0.2, 0) is 0 Å². The summed E-state index contributed by atoms with van der Waals surface area (Å²) in [7, 11) is 0. The zero-order valence-electron chi connectivity index (χ0n) is 9.91. The lowest BCUT2D eigenvalue weighted by atomic mass is 10.0. The maximum absolute atomic E-state index is 12.1. The van der Waals surface area contributed by atoms with Crippen LogP contribution in [0.2, 0.25) is 5.02 Å². The SMILES string of the molecule is N#Cc1cccc(Cl)c1-c1ccc(OC(F)(F)F)cc1. The van der Waals surface area contributed by atoms with Gasteiger partial charge in [-0.05, 0) is 29.8 Å². The summed E-state index contributed by atoms with van der Waals surface area (Å²) < 4.78 is 40.0. The Bertz CT molecular complexity index is 660. The summed E-state index contributed by atoms with van der Waals surface area (Å²) >= 11 is 6.03. The van der Waals surface area contributed by atoms with E-state index < -0.39 is 6.36 Å². The number of hydrogen-bond donors (Lipinski definition) is 0. The largest absolute Gasteiger partial charge is 0.573 e. The molecule has 0 saturated carbocycles. The van der Waals surface area contributed by atoms with E-state index in [1.165, 1.54) is 24.3 Å². The van der Waals surface area contributed by atoms with Crippen molar-refractivity contribution in [1.29, 1.82) is 5.26 Å². The van der Waals surface area contributed by atoms with E-state index in [4.69, 9.17) is 16.9 Å². The quantitative estimate of drug-likeness (QED) is 0.799. The molecule has 0 bridgehead atoms. The Morgan fingerprint density at radius 1 is 1.05 bits per heavy atom. The molecule has 0 amide bonds. The number of nitriles is 1. The second-order valence-corrected chi connectivity index (χ2v) is 4.25. The predicted octanol–water partition coefficient (Wildman–Crippen LogP) is 4.78. The van der Waals surface area contributed by atoms with Crippen LogP contribution in [0, 0.1) is 11.3 Å². The standard InChI is InChI=1S/C14H7ClF3NO/c15-12-3-1-2-10(8-19)13(12)9-4-6-11(7-5-9)20-14(16,17)18/h1-7H. The number of hydrogen-bond acceptors (Lipinski definition) is 2. The predicted molar refractivity (Wildman–Crippen MR) is 68.3 cm³/mol. The van der Waals surface area contributed by atoms with Gasteiger partial charge in [-0.1, -0.05) is 29.8 Å². The zero-order chi connectivity index (χ0) is 14.8. The molecule has 0 radical (unpaired) electrons. The molecule has 0 aliphatic rings. The van der Waals surface area contributed by atoms with Gasteiger partial charge in [-0.2, -0.15) is 5.26 Å². The number of rotatable bonds is 2. The number of alkyl halides is 3. The maximum Gasteiger partial charge on any atom is 0.573 e. The third kappa shape index (κ3) is 3.22. The molecule has 0 heterocycles. The van der Waals surface area contributed by atoms with Crippen LogP contribution in [0.1, 0.15) is 5.56 Å². The molecule has 0 aromatic heterocycles. The van der Waals surface area contributed by atoms with Crippen molar-refractivity contribution in [1.82, 2.24) is 0 Å². The topological polar surface area (TPSA) is 33.0 Å². The molecule has 0 aliphatic carbocycles. The molecule has 20 heavy (non-hydrogen) atoms. The highest BCUT2D eigenvalue weighted by molar-refractivity contribution is 6.33. The van der Waals surface area contributed by atoms with E-state index in [9.17, 15) is 13.2 Å². The zero-order valence-corrected chi connectivity index (χ0v) is 10.7. The minimum atomic E-state index is -4.73. The lowest BCUT2D eigenvalue weighted by Gasteiger charge is -2.10. The van der Waals surface area contributed by atoms with Crippen LogP contribution in [-0.4, -0.2) is 6.36 Å². The van der Waals surface area contributed by atoms with Crippen molar-refractivity contribution in [3.63, 3.8) is 0 Å². The van der Waals surface area contributed by atoms with E-state index >= 15 is 0 Å². The van der Waals surface area contributed by atoms with Gasteiger partial charge >= 0.3 is 6.36 Å². The summed E-state index contributed by atoms with van der Waals surface area (Å²) in [6, 6.07) is 12.0. The van der Waals surface area contributed by atoms with Gasteiger partial charge in [-0.3, -0.25) is 0 Å². The Hall–Kier alpha value is -2.19. The summed E-state index contributed by atoms with van der Waals surface area (Å²) in [6.45, 7) is 0. The molecule has 0 fully saturated rings. The molecule has 0 spiro atoms. The summed E-state index contributed by atoms with van der Waals surface area (Å²) in [4.78, 5) is 0. The number of ether oxygens (including phenoxy) is 1. The highest BCUT2D eigenvalue weighted by atomic mass is 35.5. The van der Waals surface area contributed by atoms with Crippen molar-refractivity contribution in [2.75, 3.05) is 0 Å². The highest BCUT2D eigenvalue weighted by Crippen LogP contribution is 2.33. The van der Waals surface area contributed by atoms with Gasteiger partial charge in [0, 0.05) is 10.6 Å². The summed E-state index contributed by atoms with van der Waals surface area (Å²) in [5, 5.41) is 9.38. The second kappa shape index (κ2) is 5.43. The van der Waals surface area contributed by atoms with E-state index in [0.717, 1.165) is 0 Å². The molecule has 2 nitrogen and oxygen atoms in total. The smallest absolute Gasteiger partial charge is 0.406 e. The van der Waals surface area contributed by atoms with Gasteiger partial charge in [-0.25, -0.2) is 0 Å². The summed E-state index contributed by atoms with van der Waals surface area (Å²) in [5.74, 6) is -0.327. The average Bonchev–Trinajstić information content (AvgIpc) is 2.38. The monoisotopic (exact) mass is 297 g/mol.